The lowest BCUT2D eigenvalue weighted by Gasteiger charge is -2.14. The van der Waals surface area contributed by atoms with Crippen LogP contribution in [0.4, 0.5) is 0 Å². The number of ketones is 1. The van der Waals surface area contributed by atoms with Gasteiger partial charge in [-0.15, -0.1) is 11.3 Å². The maximum absolute atomic E-state index is 12.1. The fourth-order valence-electron chi connectivity index (χ4n) is 1.64. The molecule has 1 unspecified atom stereocenters. The Morgan fingerprint density at radius 1 is 1.04 bits per heavy atom. The van der Waals surface area contributed by atoms with E-state index in [0.717, 1.165) is 0 Å². The molecular formula is C14H7Cl5O3S2. The summed E-state index contributed by atoms with van der Waals surface area (Å²) in [4.78, 5) is 24.7. The molecule has 2 aromatic rings. The Morgan fingerprint density at radius 3 is 2.08 bits per heavy atom. The summed E-state index contributed by atoms with van der Waals surface area (Å²) in [6.07, 6.45) is -0.146. The minimum absolute atomic E-state index is 0.0524. The van der Waals surface area contributed by atoms with Crippen LogP contribution >= 0.6 is 82.0 Å². The van der Waals surface area contributed by atoms with Gasteiger partial charge in [0.1, 0.15) is 15.3 Å². The predicted molar refractivity (Wildman–Crippen MR) is 103 cm³/mol. The normalized spacial score (nSPS) is 12.1. The number of thiophene rings is 1. The standard InChI is InChI=1S/C14H7Cl5O3S2/c15-8-9(16)11(18)13(12(19)10(8)17)22-14(21)6(23)4-5(20)7-2-1-3-24-7/h1-3,6,23H,4H2. The molecule has 1 atom stereocenters. The van der Waals surface area contributed by atoms with Crippen LogP contribution in [0, 0.1) is 0 Å². The predicted octanol–water partition coefficient (Wildman–Crippen LogP) is 6.49. The Kier molecular flexibility index (Phi) is 7.14. The van der Waals surface area contributed by atoms with E-state index in [1.807, 2.05) is 0 Å². The lowest BCUT2D eigenvalue weighted by molar-refractivity contribution is -0.133. The van der Waals surface area contributed by atoms with Crippen LogP contribution in [-0.2, 0) is 4.79 Å². The third-order valence-electron chi connectivity index (χ3n) is 2.82. The topological polar surface area (TPSA) is 43.4 Å². The van der Waals surface area contributed by atoms with Crippen molar-refractivity contribution >= 4 is 93.7 Å². The molecule has 0 aliphatic carbocycles. The highest BCUT2D eigenvalue weighted by Crippen LogP contribution is 2.48. The zero-order valence-corrected chi connectivity index (χ0v) is 17.0. The summed E-state index contributed by atoms with van der Waals surface area (Å²) in [7, 11) is 0. The van der Waals surface area contributed by atoms with Crippen LogP contribution in [-0.4, -0.2) is 17.0 Å². The van der Waals surface area contributed by atoms with Gasteiger partial charge in [-0.3, -0.25) is 9.59 Å². The molecule has 0 aliphatic heterocycles. The maximum atomic E-state index is 12.1. The second-order valence-electron chi connectivity index (χ2n) is 4.44. The van der Waals surface area contributed by atoms with Crippen molar-refractivity contribution in [3.8, 4) is 5.75 Å². The van der Waals surface area contributed by atoms with E-state index < -0.39 is 11.2 Å². The monoisotopic (exact) mass is 462 g/mol. The number of thiol groups is 1. The second-order valence-corrected chi connectivity index (χ2v) is 7.90. The second kappa shape index (κ2) is 8.49. The Morgan fingerprint density at radius 2 is 1.58 bits per heavy atom. The van der Waals surface area contributed by atoms with Crippen LogP contribution in [0.15, 0.2) is 17.5 Å². The minimum atomic E-state index is -1.01. The molecule has 0 radical (unpaired) electrons. The molecule has 2 rings (SSSR count). The SMILES string of the molecule is O=C(CC(S)C(=O)Oc1c(Cl)c(Cl)c(Cl)c(Cl)c1Cl)c1cccs1. The Hall–Kier alpha value is -0.140. The van der Waals surface area contributed by atoms with Crippen LogP contribution in [0.25, 0.3) is 0 Å². The lowest BCUT2D eigenvalue weighted by atomic mass is 10.2. The Balaban J connectivity index is 2.16. The summed E-state index contributed by atoms with van der Waals surface area (Å²) in [5.41, 5.74) is 0. The molecule has 3 nitrogen and oxygen atoms in total. The van der Waals surface area contributed by atoms with Crippen molar-refractivity contribution in [1.29, 1.82) is 0 Å². The summed E-state index contributed by atoms with van der Waals surface area (Å²) in [6, 6.07) is 3.40. The van der Waals surface area contributed by atoms with Gasteiger partial charge in [0.2, 0.25) is 0 Å². The highest BCUT2D eigenvalue weighted by molar-refractivity contribution is 7.81. The zero-order valence-electron chi connectivity index (χ0n) is 11.5. The van der Waals surface area contributed by atoms with Gasteiger partial charge < -0.3 is 4.74 Å². The highest BCUT2D eigenvalue weighted by atomic mass is 35.5. The number of rotatable bonds is 5. The number of esters is 1. The lowest BCUT2D eigenvalue weighted by Crippen LogP contribution is -2.24. The van der Waals surface area contributed by atoms with Gasteiger partial charge in [-0.25, -0.2) is 0 Å². The summed E-state index contributed by atoms with van der Waals surface area (Å²) in [5.74, 6) is -1.28. The number of hydrogen-bond acceptors (Lipinski definition) is 5. The number of Topliss-reactive ketones (excluding diaryl/α,β-unsaturated/α-hetero) is 1. The van der Waals surface area contributed by atoms with E-state index in [1.54, 1.807) is 17.5 Å². The van der Waals surface area contributed by atoms with Gasteiger partial charge in [0, 0.05) is 6.42 Å². The largest absolute Gasteiger partial charge is 0.422 e. The van der Waals surface area contributed by atoms with E-state index in [9.17, 15) is 9.59 Å². The molecule has 1 heterocycles. The molecule has 0 saturated heterocycles. The van der Waals surface area contributed by atoms with Crippen molar-refractivity contribution in [2.45, 2.75) is 11.7 Å². The summed E-state index contributed by atoms with van der Waals surface area (Å²) >= 11 is 35.0. The molecule has 0 bridgehead atoms. The van der Waals surface area contributed by atoms with E-state index in [4.69, 9.17) is 62.7 Å². The van der Waals surface area contributed by atoms with E-state index >= 15 is 0 Å². The average molecular weight is 465 g/mol. The summed E-state index contributed by atoms with van der Waals surface area (Å²) < 4.78 is 5.12. The van der Waals surface area contributed by atoms with Crippen LogP contribution < -0.4 is 4.74 Å². The molecule has 0 amide bonds. The number of halogens is 5. The third kappa shape index (κ3) is 4.33. The molecule has 0 saturated carbocycles. The first kappa shape index (κ1) is 20.2. The summed E-state index contributed by atoms with van der Waals surface area (Å²) in [5, 5.41) is 0.186. The van der Waals surface area contributed by atoms with E-state index in [1.165, 1.54) is 11.3 Å². The molecule has 1 aromatic carbocycles. The van der Waals surface area contributed by atoms with Gasteiger partial charge in [-0.05, 0) is 11.4 Å². The van der Waals surface area contributed by atoms with Crippen molar-refractivity contribution in [2.24, 2.45) is 0 Å². The van der Waals surface area contributed by atoms with Crippen molar-refractivity contribution in [3.05, 3.63) is 47.5 Å². The van der Waals surface area contributed by atoms with Gasteiger partial charge in [0.15, 0.2) is 11.5 Å². The summed E-state index contributed by atoms with van der Waals surface area (Å²) in [6.45, 7) is 0. The average Bonchev–Trinajstić information content (AvgIpc) is 3.09. The van der Waals surface area contributed by atoms with Crippen molar-refractivity contribution < 1.29 is 14.3 Å². The van der Waals surface area contributed by atoms with Crippen molar-refractivity contribution in [3.63, 3.8) is 0 Å². The van der Waals surface area contributed by atoms with Crippen LogP contribution in [0.2, 0.25) is 25.1 Å². The number of hydrogen-bond donors (Lipinski definition) is 1. The van der Waals surface area contributed by atoms with Crippen LogP contribution in [0.5, 0.6) is 5.75 Å². The molecule has 24 heavy (non-hydrogen) atoms. The molecular weight excluding hydrogens is 458 g/mol. The van der Waals surface area contributed by atoms with Gasteiger partial charge in [0.25, 0.3) is 0 Å². The Bertz CT molecular complexity index is 763. The van der Waals surface area contributed by atoms with Crippen molar-refractivity contribution in [2.75, 3.05) is 0 Å². The molecule has 0 fully saturated rings. The third-order valence-corrected chi connectivity index (χ3v) is 6.37. The van der Waals surface area contributed by atoms with Gasteiger partial charge in [-0.1, -0.05) is 64.1 Å². The zero-order chi connectivity index (χ0) is 18.0. The quantitative estimate of drug-likeness (QED) is 0.137. The van der Waals surface area contributed by atoms with Crippen molar-refractivity contribution in [1.82, 2.24) is 0 Å². The van der Waals surface area contributed by atoms with Gasteiger partial charge >= 0.3 is 5.97 Å². The molecule has 0 spiro atoms. The first-order chi connectivity index (χ1) is 11.2. The fourth-order valence-corrected chi connectivity index (χ4v) is 3.73. The number of ether oxygens (including phenoxy) is 1. The number of benzene rings is 1. The highest BCUT2D eigenvalue weighted by Gasteiger charge is 2.26. The number of carbonyl (C=O) groups excluding carboxylic acids is 2. The molecule has 1 aromatic heterocycles. The molecule has 10 heteroatoms. The van der Waals surface area contributed by atoms with Crippen LogP contribution in [0.3, 0.4) is 0 Å². The first-order valence-corrected chi connectivity index (χ1v) is 9.50. The van der Waals surface area contributed by atoms with E-state index in [2.05, 4.69) is 12.6 Å². The Labute approximate surface area is 172 Å². The smallest absolute Gasteiger partial charge is 0.324 e. The minimum Gasteiger partial charge on any atom is -0.422 e. The maximum Gasteiger partial charge on any atom is 0.324 e. The first-order valence-electron chi connectivity index (χ1n) is 6.22. The fraction of sp³-hybridized carbons (Fsp3) is 0.143. The van der Waals surface area contributed by atoms with Gasteiger partial charge in [-0.2, -0.15) is 12.6 Å². The molecule has 0 aliphatic rings. The number of carbonyl (C=O) groups is 2. The van der Waals surface area contributed by atoms with E-state index in [-0.39, 0.29) is 43.1 Å². The molecule has 128 valence electrons. The van der Waals surface area contributed by atoms with Gasteiger partial charge in [0.05, 0.1) is 19.9 Å². The molecule has 0 N–H and O–H groups in total. The van der Waals surface area contributed by atoms with E-state index in [0.29, 0.717) is 4.88 Å². The van der Waals surface area contributed by atoms with Crippen LogP contribution in [0.1, 0.15) is 16.1 Å².